The van der Waals surface area contributed by atoms with Crippen molar-refractivity contribution in [3.8, 4) is 0 Å². The highest BCUT2D eigenvalue weighted by Gasteiger charge is 2.26. The lowest BCUT2D eigenvalue weighted by Crippen LogP contribution is -2.46. The Balaban J connectivity index is 1.44. The van der Waals surface area contributed by atoms with Gasteiger partial charge in [0, 0.05) is 19.3 Å². The molecule has 0 spiro atoms. The molecule has 1 aliphatic heterocycles. The van der Waals surface area contributed by atoms with Crippen LogP contribution in [0, 0.1) is 5.92 Å². The number of likely N-dealkylation sites (tertiary alicyclic amines) is 1. The first-order valence-corrected chi connectivity index (χ1v) is 8.73. The summed E-state index contributed by atoms with van der Waals surface area (Å²) in [5, 5.41) is 2.65. The molecular formula is C20H23N3O2. The molecule has 1 aromatic carbocycles. The van der Waals surface area contributed by atoms with Gasteiger partial charge in [0.2, 0.25) is 0 Å². The van der Waals surface area contributed by atoms with Crippen LogP contribution >= 0.6 is 0 Å². The number of hydrogen-bond acceptors (Lipinski definition) is 3. The van der Waals surface area contributed by atoms with Gasteiger partial charge in [-0.3, -0.25) is 14.6 Å². The lowest BCUT2D eigenvalue weighted by atomic mass is 9.90. The van der Waals surface area contributed by atoms with Crippen molar-refractivity contribution in [1.82, 2.24) is 15.2 Å². The SMILES string of the molecule is O=C(NCc1ccccn1)C(=O)N1CCC(Cc2ccccc2)CC1. The van der Waals surface area contributed by atoms with E-state index in [-0.39, 0.29) is 6.54 Å². The number of carbonyl (C=O) groups is 2. The van der Waals surface area contributed by atoms with Crippen molar-refractivity contribution in [3.05, 3.63) is 66.0 Å². The molecular weight excluding hydrogens is 314 g/mol. The molecule has 1 aromatic heterocycles. The Hall–Kier alpha value is -2.69. The molecule has 0 saturated carbocycles. The van der Waals surface area contributed by atoms with Gasteiger partial charge >= 0.3 is 11.8 Å². The van der Waals surface area contributed by atoms with Crippen molar-refractivity contribution in [1.29, 1.82) is 0 Å². The number of carbonyl (C=O) groups excluding carboxylic acids is 2. The topological polar surface area (TPSA) is 62.3 Å². The molecule has 2 heterocycles. The van der Waals surface area contributed by atoms with E-state index in [0.29, 0.717) is 19.0 Å². The molecule has 130 valence electrons. The van der Waals surface area contributed by atoms with Gasteiger partial charge < -0.3 is 10.2 Å². The summed E-state index contributed by atoms with van der Waals surface area (Å²) in [5.74, 6) is -0.413. The van der Waals surface area contributed by atoms with Crippen LogP contribution < -0.4 is 5.32 Å². The Kier molecular flexibility index (Phi) is 5.77. The Morgan fingerprint density at radius 3 is 2.44 bits per heavy atom. The summed E-state index contributed by atoms with van der Waals surface area (Å²) in [6.07, 6.45) is 4.58. The highest BCUT2D eigenvalue weighted by molar-refractivity contribution is 6.34. The van der Waals surface area contributed by atoms with E-state index in [9.17, 15) is 9.59 Å². The molecule has 0 bridgehead atoms. The number of nitrogens with one attached hydrogen (secondary N) is 1. The maximum absolute atomic E-state index is 12.3. The smallest absolute Gasteiger partial charge is 0.311 e. The lowest BCUT2D eigenvalue weighted by molar-refractivity contribution is -0.146. The minimum atomic E-state index is -0.549. The van der Waals surface area contributed by atoms with Gasteiger partial charge in [-0.1, -0.05) is 36.4 Å². The van der Waals surface area contributed by atoms with Crippen molar-refractivity contribution in [2.45, 2.75) is 25.8 Å². The Morgan fingerprint density at radius 2 is 1.76 bits per heavy atom. The monoisotopic (exact) mass is 337 g/mol. The maximum Gasteiger partial charge on any atom is 0.311 e. The molecule has 25 heavy (non-hydrogen) atoms. The summed E-state index contributed by atoms with van der Waals surface area (Å²) < 4.78 is 0. The van der Waals surface area contributed by atoms with Gasteiger partial charge in [0.15, 0.2) is 0 Å². The second-order valence-corrected chi connectivity index (χ2v) is 6.43. The van der Waals surface area contributed by atoms with Crippen molar-refractivity contribution in [2.24, 2.45) is 5.92 Å². The Labute approximate surface area is 148 Å². The van der Waals surface area contributed by atoms with Crippen molar-refractivity contribution >= 4 is 11.8 Å². The highest BCUT2D eigenvalue weighted by atomic mass is 16.2. The quantitative estimate of drug-likeness (QED) is 0.870. The number of rotatable bonds is 4. The molecule has 1 saturated heterocycles. The Bertz CT molecular complexity index is 695. The fourth-order valence-corrected chi connectivity index (χ4v) is 3.18. The van der Waals surface area contributed by atoms with Crippen LogP contribution in [0.15, 0.2) is 54.7 Å². The molecule has 2 amide bonds. The van der Waals surface area contributed by atoms with Crippen molar-refractivity contribution < 1.29 is 9.59 Å². The molecule has 5 heteroatoms. The van der Waals surface area contributed by atoms with Crippen LogP contribution in [0.25, 0.3) is 0 Å². The molecule has 3 rings (SSSR count). The normalized spacial score (nSPS) is 15.0. The summed E-state index contributed by atoms with van der Waals surface area (Å²) in [6.45, 7) is 1.57. The van der Waals surface area contributed by atoms with Gasteiger partial charge in [-0.05, 0) is 42.9 Å². The van der Waals surface area contributed by atoms with E-state index in [0.717, 1.165) is 25.0 Å². The third kappa shape index (κ3) is 4.89. The molecule has 5 nitrogen and oxygen atoms in total. The van der Waals surface area contributed by atoms with Crippen LogP contribution in [-0.4, -0.2) is 34.8 Å². The summed E-state index contributed by atoms with van der Waals surface area (Å²) >= 11 is 0. The Morgan fingerprint density at radius 1 is 1.04 bits per heavy atom. The molecule has 0 radical (unpaired) electrons. The summed E-state index contributed by atoms with van der Waals surface area (Å²) in [5.41, 5.74) is 2.07. The first kappa shape index (κ1) is 17.1. The van der Waals surface area contributed by atoms with Crippen molar-refractivity contribution in [2.75, 3.05) is 13.1 Å². The second kappa shape index (κ2) is 8.42. The average molecular weight is 337 g/mol. The lowest BCUT2D eigenvalue weighted by Gasteiger charge is -2.31. The van der Waals surface area contributed by atoms with Crippen LogP contribution in [0.1, 0.15) is 24.1 Å². The predicted octanol–water partition coefficient (Wildman–Crippen LogP) is 2.18. The minimum absolute atomic E-state index is 0.274. The van der Waals surface area contributed by atoms with Crippen molar-refractivity contribution in [3.63, 3.8) is 0 Å². The van der Waals surface area contributed by atoms with E-state index in [2.05, 4.69) is 34.6 Å². The summed E-state index contributed by atoms with van der Waals surface area (Å²) in [4.78, 5) is 30.1. The van der Waals surface area contributed by atoms with E-state index in [1.165, 1.54) is 5.56 Å². The van der Waals surface area contributed by atoms with Crippen LogP contribution in [0.3, 0.4) is 0 Å². The van der Waals surface area contributed by atoms with Gasteiger partial charge in [0.05, 0.1) is 12.2 Å². The number of nitrogens with zero attached hydrogens (tertiary/aromatic N) is 2. The zero-order valence-corrected chi connectivity index (χ0v) is 14.2. The van der Waals surface area contributed by atoms with Crippen LogP contribution in [0.4, 0.5) is 0 Å². The molecule has 0 unspecified atom stereocenters. The van der Waals surface area contributed by atoms with E-state index >= 15 is 0 Å². The van der Waals surface area contributed by atoms with Crippen LogP contribution in [0.5, 0.6) is 0 Å². The van der Waals surface area contributed by atoms with Gasteiger partial charge in [0.1, 0.15) is 0 Å². The van der Waals surface area contributed by atoms with Gasteiger partial charge in [-0.15, -0.1) is 0 Å². The number of benzene rings is 1. The molecule has 1 N–H and O–H groups in total. The van der Waals surface area contributed by atoms with E-state index in [1.807, 2.05) is 24.3 Å². The fourth-order valence-electron chi connectivity index (χ4n) is 3.18. The number of amides is 2. The third-order valence-corrected chi connectivity index (χ3v) is 4.62. The van der Waals surface area contributed by atoms with Crippen LogP contribution in [-0.2, 0) is 22.6 Å². The predicted molar refractivity (Wildman–Crippen MR) is 95.5 cm³/mol. The van der Waals surface area contributed by atoms with E-state index in [4.69, 9.17) is 0 Å². The fraction of sp³-hybridized carbons (Fsp3) is 0.350. The first-order valence-electron chi connectivity index (χ1n) is 8.73. The first-order chi connectivity index (χ1) is 12.2. The third-order valence-electron chi connectivity index (χ3n) is 4.62. The van der Waals surface area contributed by atoms with Gasteiger partial charge in [-0.25, -0.2) is 0 Å². The summed E-state index contributed by atoms with van der Waals surface area (Å²) in [6, 6.07) is 15.9. The maximum atomic E-state index is 12.3. The standard InChI is InChI=1S/C20H23N3O2/c24-19(22-15-18-8-4-5-11-21-18)20(25)23-12-9-17(10-13-23)14-16-6-2-1-3-7-16/h1-8,11,17H,9-10,12-15H2,(H,22,24). The zero-order valence-electron chi connectivity index (χ0n) is 14.2. The minimum Gasteiger partial charge on any atom is -0.342 e. The van der Waals surface area contributed by atoms with E-state index in [1.54, 1.807) is 11.1 Å². The second-order valence-electron chi connectivity index (χ2n) is 6.43. The van der Waals surface area contributed by atoms with Gasteiger partial charge in [0.25, 0.3) is 0 Å². The number of piperidine rings is 1. The number of hydrogen-bond donors (Lipinski definition) is 1. The van der Waals surface area contributed by atoms with E-state index < -0.39 is 11.8 Å². The molecule has 0 aliphatic carbocycles. The number of pyridine rings is 1. The molecule has 0 atom stereocenters. The molecule has 1 fully saturated rings. The molecule has 1 aliphatic rings. The number of aromatic nitrogens is 1. The van der Waals surface area contributed by atoms with Crippen LogP contribution in [0.2, 0.25) is 0 Å². The molecule has 2 aromatic rings. The summed E-state index contributed by atoms with van der Waals surface area (Å²) in [7, 11) is 0. The van der Waals surface area contributed by atoms with Gasteiger partial charge in [-0.2, -0.15) is 0 Å². The average Bonchev–Trinajstić information content (AvgIpc) is 2.68. The zero-order chi connectivity index (χ0) is 17.5. The largest absolute Gasteiger partial charge is 0.342 e. The highest BCUT2D eigenvalue weighted by Crippen LogP contribution is 2.21.